The summed E-state index contributed by atoms with van der Waals surface area (Å²) >= 11 is 0. The standard InChI is InChI=1S/C22H35N5O2.HI/c1-5-23-22(25(4)17-21(29)26(6-2)7-3)24-15-18-10-8-11-19(14-18)16-27-13-9-12-20(27)28;/h8,10-11,14H,5-7,9,12-13,15-17H2,1-4H3,(H,23,24);1H. The maximum absolute atomic E-state index is 12.4. The van der Waals surface area contributed by atoms with Gasteiger partial charge in [0.1, 0.15) is 0 Å². The summed E-state index contributed by atoms with van der Waals surface area (Å²) in [4.78, 5) is 34.6. The molecule has 1 N–H and O–H groups in total. The first kappa shape index (κ1) is 26.2. The molecular formula is C22H36IN5O2. The second-order valence-corrected chi connectivity index (χ2v) is 7.33. The summed E-state index contributed by atoms with van der Waals surface area (Å²) in [5, 5.41) is 3.26. The third-order valence-electron chi connectivity index (χ3n) is 5.13. The van der Waals surface area contributed by atoms with Crippen molar-refractivity contribution in [2.75, 3.05) is 39.8 Å². The van der Waals surface area contributed by atoms with Gasteiger partial charge in [-0.1, -0.05) is 24.3 Å². The number of amides is 2. The quantitative estimate of drug-likeness (QED) is 0.304. The first-order chi connectivity index (χ1) is 14.0. The second-order valence-electron chi connectivity index (χ2n) is 7.33. The molecule has 1 aliphatic heterocycles. The number of likely N-dealkylation sites (tertiary alicyclic amines) is 1. The van der Waals surface area contributed by atoms with Crippen molar-refractivity contribution >= 4 is 41.8 Å². The van der Waals surface area contributed by atoms with Crippen molar-refractivity contribution < 1.29 is 9.59 Å². The highest BCUT2D eigenvalue weighted by atomic mass is 127. The van der Waals surface area contributed by atoms with E-state index < -0.39 is 0 Å². The Hall–Kier alpha value is -1.84. The van der Waals surface area contributed by atoms with Crippen molar-refractivity contribution in [1.29, 1.82) is 0 Å². The molecule has 1 aliphatic rings. The number of guanidine groups is 1. The number of hydrogen-bond acceptors (Lipinski definition) is 3. The Bertz CT molecular complexity index is 721. The molecule has 2 rings (SSSR count). The van der Waals surface area contributed by atoms with E-state index in [1.54, 1.807) is 0 Å². The van der Waals surface area contributed by atoms with Gasteiger partial charge in [0.15, 0.2) is 5.96 Å². The molecule has 8 heteroatoms. The van der Waals surface area contributed by atoms with Crippen molar-refractivity contribution in [3.05, 3.63) is 35.4 Å². The lowest BCUT2D eigenvalue weighted by Gasteiger charge is -2.25. The van der Waals surface area contributed by atoms with Gasteiger partial charge in [0.2, 0.25) is 11.8 Å². The van der Waals surface area contributed by atoms with Gasteiger partial charge < -0.3 is 20.0 Å². The number of rotatable bonds is 9. The van der Waals surface area contributed by atoms with Crippen molar-refractivity contribution in [1.82, 2.24) is 20.0 Å². The summed E-state index contributed by atoms with van der Waals surface area (Å²) in [6.07, 6.45) is 1.61. The molecule has 0 unspecified atom stereocenters. The molecule has 1 fully saturated rings. The molecule has 1 aromatic rings. The smallest absolute Gasteiger partial charge is 0.242 e. The van der Waals surface area contributed by atoms with Crippen molar-refractivity contribution in [2.24, 2.45) is 4.99 Å². The average Bonchev–Trinajstić information content (AvgIpc) is 3.10. The molecule has 2 amide bonds. The third-order valence-corrected chi connectivity index (χ3v) is 5.13. The van der Waals surface area contributed by atoms with Gasteiger partial charge in [-0.25, -0.2) is 4.99 Å². The average molecular weight is 529 g/mol. The number of halogens is 1. The Morgan fingerprint density at radius 3 is 2.50 bits per heavy atom. The van der Waals surface area contributed by atoms with Gasteiger partial charge in [0.25, 0.3) is 0 Å². The molecule has 30 heavy (non-hydrogen) atoms. The molecule has 1 heterocycles. The van der Waals surface area contributed by atoms with E-state index in [-0.39, 0.29) is 35.8 Å². The van der Waals surface area contributed by atoms with Crippen LogP contribution in [0, 0.1) is 0 Å². The zero-order valence-corrected chi connectivity index (χ0v) is 21.0. The monoisotopic (exact) mass is 529 g/mol. The third kappa shape index (κ3) is 7.77. The van der Waals surface area contributed by atoms with E-state index in [2.05, 4.69) is 17.4 Å². The highest BCUT2D eigenvalue weighted by molar-refractivity contribution is 14.0. The summed E-state index contributed by atoms with van der Waals surface area (Å²) in [6.45, 7) is 10.5. The Morgan fingerprint density at radius 2 is 1.90 bits per heavy atom. The Morgan fingerprint density at radius 1 is 1.20 bits per heavy atom. The topological polar surface area (TPSA) is 68.2 Å². The number of aliphatic imine (C=N–C) groups is 1. The molecule has 1 saturated heterocycles. The van der Waals surface area contributed by atoms with Crippen molar-refractivity contribution in [2.45, 2.75) is 46.7 Å². The lowest BCUT2D eigenvalue weighted by molar-refractivity contribution is -0.131. The number of hydrogen-bond donors (Lipinski definition) is 1. The predicted octanol–water partition coefficient (Wildman–Crippen LogP) is 2.69. The van der Waals surface area contributed by atoms with Gasteiger partial charge in [-0.3, -0.25) is 9.59 Å². The van der Waals surface area contributed by atoms with Crippen LogP contribution >= 0.6 is 24.0 Å². The number of likely N-dealkylation sites (N-methyl/N-ethyl adjacent to an activating group) is 2. The molecular weight excluding hydrogens is 493 g/mol. The minimum absolute atomic E-state index is 0. The second kappa shape index (κ2) is 13.5. The number of nitrogens with zero attached hydrogens (tertiary/aromatic N) is 4. The van der Waals surface area contributed by atoms with Crippen LogP contribution < -0.4 is 5.32 Å². The fraction of sp³-hybridized carbons (Fsp3) is 0.591. The normalized spacial score (nSPS) is 13.8. The van der Waals surface area contributed by atoms with Gasteiger partial charge in [-0.05, 0) is 38.3 Å². The van der Waals surface area contributed by atoms with Gasteiger partial charge in [0, 0.05) is 46.2 Å². The number of benzene rings is 1. The molecule has 0 spiro atoms. The van der Waals surface area contributed by atoms with Crippen LogP contribution in [-0.2, 0) is 22.7 Å². The molecule has 0 bridgehead atoms. The maximum atomic E-state index is 12.4. The molecule has 168 valence electrons. The zero-order chi connectivity index (χ0) is 21.2. The van der Waals surface area contributed by atoms with Gasteiger partial charge >= 0.3 is 0 Å². The van der Waals surface area contributed by atoms with E-state index in [0.29, 0.717) is 45.1 Å². The molecule has 0 radical (unpaired) electrons. The molecule has 0 saturated carbocycles. The van der Waals surface area contributed by atoms with Crippen LogP contribution in [0.3, 0.4) is 0 Å². The van der Waals surface area contributed by atoms with E-state index >= 15 is 0 Å². The largest absolute Gasteiger partial charge is 0.357 e. The van der Waals surface area contributed by atoms with Gasteiger partial charge in [-0.15, -0.1) is 24.0 Å². The molecule has 7 nitrogen and oxygen atoms in total. The first-order valence-electron chi connectivity index (χ1n) is 10.6. The number of carbonyl (C=O) groups excluding carboxylic acids is 2. The van der Waals surface area contributed by atoms with Gasteiger partial charge in [-0.2, -0.15) is 0 Å². The lowest BCUT2D eigenvalue weighted by Crippen LogP contribution is -2.45. The zero-order valence-electron chi connectivity index (χ0n) is 18.7. The van der Waals surface area contributed by atoms with E-state index in [4.69, 9.17) is 4.99 Å². The maximum Gasteiger partial charge on any atom is 0.242 e. The summed E-state index contributed by atoms with van der Waals surface area (Å²) in [7, 11) is 1.89. The summed E-state index contributed by atoms with van der Waals surface area (Å²) in [6, 6.07) is 8.23. The fourth-order valence-electron chi connectivity index (χ4n) is 3.51. The first-order valence-corrected chi connectivity index (χ1v) is 10.6. The van der Waals surface area contributed by atoms with Crippen LogP contribution in [0.15, 0.2) is 29.3 Å². The fourth-order valence-corrected chi connectivity index (χ4v) is 3.51. The van der Waals surface area contributed by atoms with E-state index in [9.17, 15) is 9.59 Å². The lowest BCUT2D eigenvalue weighted by atomic mass is 10.1. The predicted molar refractivity (Wildman–Crippen MR) is 132 cm³/mol. The Balaban J connectivity index is 0.00000450. The van der Waals surface area contributed by atoms with E-state index in [1.807, 2.05) is 54.7 Å². The summed E-state index contributed by atoms with van der Waals surface area (Å²) < 4.78 is 0. The van der Waals surface area contributed by atoms with Crippen molar-refractivity contribution in [3.8, 4) is 0 Å². The minimum Gasteiger partial charge on any atom is -0.357 e. The molecule has 1 aromatic carbocycles. The van der Waals surface area contributed by atoms with E-state index in [0.717, 1.165) is 30.6 Å². The molecule has 0 aromatic heterocycles. The molecule has 0 aliphatic carbocycles. The van der Waals surface area contributed by atoms with Crippen LogP contribution in [0.5, 0.6) is 0 Å². The van der Waals surface area contributed by atoms with Crippen LogP contribution in [0.25, 0.3) is 0 Å². The highest BCUT2D eigenvalue weighted by Crippen LogP contribution is 2.15. The van der Waals surface area contributed by atoms with Gasteiger partial charge in [0.05, 0.1) is 13.1 Å². The number of carbonyl (C=O) groups is 2. The Labute approximate surface area is 197 Å². The highest BCUT2D eigenvalue weighted by Gasteiger charge is 2.20. The number of nitrogens with one attached hydrogen (secondary N) is 1. The molecule has 0 atom stereocenters. The van der Waals surface area contributed by atoms with Crippen molar-refractivity contribution in [3.63, 3.8) is 0 Å². The van der Waals surface area contributed by atoms with Crippen LogP contribution in [0.2, 0.25) is 0 Å². The SMILES string of the molecule is CCNC(=NCc1cccc(CN2CCCC2=O)c1)N(C)CC(=O)N(CC)CC.I. The van der Waals surface area contributed by atoms with E-state index in [1.165, 1.54) is 0 Å². The summed E-state index contributed by atoms with van der Waals surface area (Å²) in [5.41, 5.74) is 2.22. The minimum atomic E-state index is 0. The van der Waals surface area contributed by atoms with Crippen LogP contribution in [-0.4, -0.2) is 72.2 Å². The summed E-state index contributed by atoms with van der Waals surface area (Å²) in [5.74, 6) is 1.05. The van der Waals surface area contributed by atoms with Crippen LogP contribution in [0.1, 0.15) is 44.7 Å². The van der Waals surface area contributed by atoms with Crippen LogP contribution in [0.4, 0.5) is 0 Å². The Kier molecular flexibility index (Phi) is 11.8.